The SMILES string of the molecule is CC(C)(C)c1ccc(N2c3ccc(C(C)(C)C)cc3B3c4ccc(C(C)(C)C)cc4N(c4ccc(C(C)(C)C)cc4-c4ccccc4)c4cc(N5c6ccc([Si](C)(C)C)cc6C6(C)CC(C)(C)C(C)(C)CC56C)cc2c43)cc1. The second-order valence-electron chi connectivity index (χ2n) is 31.2. The lowest BCUT2D eigenvalue weighted by molar-refractivity contribution is -0.0311. The van der Waals surface area contributed by atoms with Gasteiger partial charge in [-0.1, -0.05) is 227 Å². The van der Waals surface area contributed by atoms with Crippen LogP contribution >= 0.6 is 0 Å². The Bertz CT molecular complexity index is 3530. The van der Waals surface area contributed by atoms with E-state index in [0.29, 0.717) is 0 Å². The molecule has 0 amide bonds. The smallest absolute Gasteiger partial charge is 0.252 e. The third-order valence-electron chi connectivity index (χ3n) is 20.0. The van der Waals surface area contributed by atoms with Gasteiger partial charge in [0.05, 0.1) is 19.3 Å². The normalized spacial score (nSPS) is 20.5. The van der Waals surface area contributed by atoms with Crippen LogP contribution in [-0.2, 0) is 27.1 Å². The van der Waals surface area contributed by atoms with Gasteiger partial charge < -0.3 is 14.7 Å². The topological polar surface area (TPSA) is 9.72 Å². The Kier molecular flexibility index (Phi) is 12.1. The van der Waals surface area contributed by atoms with Crippen molar-refractivity contribution in [3.63, 3.8) is 0 Å². The molecule has 1 saturated carbocycles. The van der Waals surface area contributed by atoms with Crippen LogP contribution in [0.15, 0.2) is 140 Å². The molecule has 3 aliphatic heterocycles. The second kappa shape index (κ2) is 17.4. The summed E-state index contributed by atoms with van der Waals surface area (Å²) in [4.78, 5) is 8.25. The van der Waals surface area contributed by atoms with E-state index in [-0.39, 0.29) is 50.2 Å². The van der Waals surface area contributed by atoms with E-state index in [2.05, 4.69) is 298 Å². The molecule has 0 radical (unpaired) electrons. The first-order chi connectivity index (χ1) is 36.0. The number of anilines is 8. The van der Waals surface area contributed by atoms with Crippen LogP contribution in [0.4, 0.5) is 45.5 Å². The van der Waals surface area contributed by atoms with E-state index < -0.39 is 8.07 Å². The summed E-state index contributed by atoms with van der Waals surface area (Å²) in [6.45, 7) is 51.3. The molecular weight excluding hydrogens is 958 g/mol. The summed E-state index contributed by atoms with van der Waals surface area (Å²) >= 11 is 0. The summed E-state index contributed by atoms with van der Waals surface area (Å²) in [5.41, 5.74) is 23.1. The summed E-state index contributed by atoms with van der Waals surface area (Å²) in [7, 11) is -1.68. The molecule has 404 valence electrons. The molecule has 0 bridgehead atoms. The molecule has 0 spiro atoms. The molecular formula is C73H90BN3Si. The molecule has 1 fully saturated rings. The lowest BCUT2D eigenvalue weighted by Gasteiger charge is -2.61. The Labute approximate surface area is 473 Å². The van der Waals surface area contributed by atoms with Crippen LogP contribution in [0.25, 0.3) is 11.1 Å². The van der Waals surface area contributed by atoms with Gasteiger partial charge in [-0.2, -0.15) is 0 Å². The van der Waals surface area contributed by atoms with Crippen molar-refractivity contribution in [2.24, 2.45) is 10.8 Å². The van der Waals surface area contributed by atoms with Gasteiger partial charge in [-0.05, 0) is 157 Å². The molecule has 78 heavy (non-hydrogen) atoms. The Morgan fingerprint density at radius 1 is 0.423 bits per heavy atom. The minimum atomic E-state index is -1.68. The fraction of sp³-hybridized carbons (Fsp3) is 0.425. The number of fused-ring (bicyclic) bond motifs is 7. The maximum Gasteiger partial charge on any atom is 0.252 e. The van der Waals surface area contributed by atoms with Crippen molar-refractivity contribution in [2.75, 3.05) is 14.7 Å². The predicted octanol–water partition coefficient (Wildman–Crippen LogP) is 18.2. The highest BCUT2D eigenvalue weighted by molar-refractivity contribution is 7.00. The fourth-order valence-corrected chi connectivity index (χ4v) is 15.5. The third-order valence-corrected chi connectivity index (χ3v) is 22.1. The van der Waals surface area contributed by atoms with Crippen molar-refractivity contribution in [1.29, 1.82) is 0 Å². The second-order valence-corrected chi connectivity index (χ2v) is 36.3. The highest BCUT2D eigenvalue weighted by Crippen LogP contribution is 2.69. The van der Waals surface area contributed by atoms with E-state index >= 15 is 0 Å². The molecule has 5 heteroatoms. The average molecular weight is 1050 g/mol. The molecule has 2 unspecified atom stereocenters. The van der Waals surface area contributed by atoms with Crippen molar-refractivity contribution in [3.05, 3.63) is 167 Å². The van der Waals surface area contributed by atoms with Gasteiger partial charge in [0, 0.05) is 50.8 Å². The maximum atomic E-state index is 2.87. The predicted molar refractivity (Wildman–Crippen MR) is 345 cm³/mol. The van der Waals surface area contributed by atoms with Gasteiger partial charge in [-0.25, -0.2) is 0 Å². The first kappa shape index (κ1) is 54.2. The standard InChI is InChI=1S/C73H90BN3Si/c1-66(2,3)48-27-32-52(33-28-48)75-61-37-31-50(68(7,8)9)40-58(61)74-57-35-29-51(69(10,11)12)41-62(57)76(59-36-30-49(67(4,5)6)39-55(59)47-25-23-22-24-26-47)64-43-53(42-63(75)65(64)74)77-60-38-34-54(78(19,20)21)44-56(60)72(17)45-70(13,14)71(15,16)46-73(72,77)18/h22-44H,45-46H2,1-21H3. The largest absolute Gasteiger partial charge is 0.334 e. The van der Waals surface area contributed by atoms with Crippen LogP contribution in [0.2, 0.25) is 19.6 Å². The summed E-state index contributed by atoms with van der Waals surface area (Å²) in [5, 5.41) is 1.54. The molecule has 4 aliphatic rings. The maximum absolute atomic E-state index is 2.87. The van der Waals surface area contributed by atoms with Crippen molar-refractivity contribution in [1.82, 2.24) is 0 Å². The average Bonchev–Trinajstić information content (AvgIpc) is 3.63. The van der Waals surface area contributed by atoms with Crippen LogP contribution in [-0.4, -0.2) is 20.3 Å². The Morgan fingerprint density at radius 3 is 1.53 bits per heavy atom. The zero-order valence-electron chi connectivity index (χ0n) is 51.6. The van der Waals surface area contributed by atoms with Crippen LogP contribution in [0.5, 0.6) is 0 Å². The van der Waals surface area contributed by atoms with Gasteiger partial charge in [0.15, 0.2) is 0 Å². The molecule has 1 aliphatic carbocycles. The van der Waals surface area contributed by atoms with E-state index in [9.17, 15) is 0 Å². The summed E-state index contributed by atoms with van der Waals surface area (Å²) in [6, 6.07) is 56.1. The van der Waals surface area contributed by atoms with Gasteiger partial charge in [0.25, 0.3) is 6.71 Å². The highest BCUT2D eigenvalue weighted by Gasteiger charge is 2.65. The van der Waals surface area contributed by atoms with Gasteiger partial charge in [0.1, 0.15) is 0 Å². The number of nitrogens with zero attached hydrogens (tertiary/aromatic N) is 3. The van der Waals surface area contributed by atoms with Gasteiger partial charge in [0.2, 0.25) is 0 Å². The molecule has 11 rings (SSSR count). The van der Waals surface area contributed by atoms with Crippen molar-refractivity contribution < 1.29 is 0 Å². The van der Waals surface area contributed by atoms with Crippen LogP contribution in [0, 0.1) is 10.8 Å². The molecule has 0 aromatic heterocycles. The molecule has 3 nitrogen and oxygen atoms in total. The number of benzene rings is 7. The summed E-state index contributed by atoms with van der Waals surface area (Å²) in [5.74, 6) is 0. The van der Waals surface area contributed by atoms with Gasteiger partial charge in [-0.15, -0.1) is 0 Å². The molecule has 7 aromatic carbocycles. The van der Waals surface area contributed by atoms with E-state index in [1.807, 2.05) is 0 Å². The Balaban J connectivity index is 1.32. The monoisotopic (exact) mass is 1050 g/mol. The molecule has 2 atom stereocenters. The van der Waals surface area contributed by atoms with Gasteiger partial charge >= 0.3 is 0 Å². The summed E-state index contributed by atoms with van der Waals surface area (Å²) < 4.78 is 0. The van der Waals surface area contributed by atoms with Crippen LogP contribution in [0.3, 0.4) is 0 Å². The van der Waals surface area contributed by atoms with E-state index in [4.69, 9.17) is 0 Å². The quantitative estimate of drug-likeness (QED) is 0.159. The highest BCUT2D eigenvalue weighted by atomic mass is 28.3. The fourth-order valence-electron chi connectivity index (χ4n) is 14.4. The number of rotatable bonds is 5. The lowest BCUT2D eigenvalue weighted by atomic mass is 9.33. The van der Waals surface area contributed by atoms with Crippen molar-refractivity contribution in [3.8, 4) is 11.1 Å². The number of hydrogen-bond acceptors (Lipinski definition) is 3. The zero-order valence-corrected chi connectivity index (χ0v) is 52.6. The minimum Gasteiger partial charge on any atom is -0.334 e. The van der Waals surface area contributed by atoms with Crippen molar-refractivity contribution in [2.45, 2.75) is 190 Å². The first-order valence-electron chi connectivity index (χ1n) is 29.4. The van der Waals surface area contributed by atoms with Crippen LogP contribution in [0.1, 0.15) is 165 Å². The molecule has 0 N–H and O–H groups in total. The van der Waals surface area contributed by atoms with Crippen molar-refractivity contribution >= 4 is 81.9 Å². The first-order valence-corrected chi connectivity index (χ1v) is 32.9. The Hall–Kier alpha value is -5.78. The van der Waals surface area contributed by atoms with Gasteiger partial charge in [-0.3, -0.25) is 0 Å². The lowest BCUT2D eigenvalue weighted by Crippen LogP contribution is -2.63. The van der Waals surface area contributed by atoms with E-state index in [0.717, 1.165) is 12.8 Å². The van der Waals surface area contributed by atoms with Crippen LogP contribution < -0.4 is 36.3 Å². The minimum absolute atomic E-state index is 0.0160. The van der Waals surface area contributed by atoms with E-state index in [1.54, 1.807) is 5.19 Å². The van der Waals surface area contributed by atoms with E-state index in [1.165, 1.54) is 101 Å². The Morgan fingerprint density at radius 2 is 0.936 bits per heavy atom. The molecule has 3 heterocycles. The molecule has 0 saturated heterocycles. The number of hydrogen-bond donors (Lipinski definition) is 0. The third kappa shape index (κ3) is 8.39. The summed E-state index contributed by atoms with van der Waals surface area (Å²) in [6.07, 6.45) is 2.16. The molecule has 7 aromatic rings. The zero-order chi connectivity index (χ0) is 56.5.